The van der Waals surface area contributed by atoms with Crippen LogP contribution in [0.25, 0.3) is 5.76 Å². The Balaban J connectivity index is 1.76. The summed E-state index contributed by atoms with van der Waals surface area (Å²) >= 11 is 0. The number of carbonyl (C=O) groups excluding carboxylic acids is 3. The molecule has 1 N–H and O–H groups in total. The zero-order valence-electron chi connectivity index (χ0n) is 23.3. The number of Topliss-reactive ketones (excluding diaryl/α,β-unsaturated/α-hetero) is 1. The molecule has 0 saturated carbocycles. The van der Waals surface area contributed by atoms with Gasteiger partial charge in [0.2, 0.25) is 0 Å². The molecule has 0 aliphatic carbocycles. The van der Waals surface area contributed by atoms with Crippen molar-refractivity contribution in [3.8, 4) is 11.5 Å². The van der Waals surface area contributed by atoms with Gasteiger partial charge in [0.15, 0.2) is 0 Å². The second-order valence-electron chi connectivity index (χ2n) is 10.1. The molecule has 0 bridgehead atoms. The summed E-state index contributed by atoms with van der Waals surface area (Å²) in [4.78, 5) is 40.0. The van der Waals surface area contributed by atoms with Crippen LogP contribution in [0.4, 0.5) is 0 Å². The van der Waals surface area contributed by atoms with Crippen LogP contribution in [0, 0.1) is 12.8 Å². The van der Waals surface area contributed by atoms with E-state index in [1.165, 1.54) is 12.0 Å². The first-order valence-electron chi connectivity index (χ1n) is 13.0. The molecule has 208 valence electrons. The molecule has 1 unspecified atom stereocenters. The van der Waals surface area contributed by atoms with E-state index in [-0.39, 0.29) is 17.9 Å². The maximum atomic E-state index is 13.4. The number of ether oxygens (including phenoxy) is 3. The summed E-state index contributed by atoms with van der Waals surface area (Å²) in [5.74, 6) is -0.582. The molecule has 0 spiro atoms. The summed E-state index contributed by atoms with van der Waals surface area (Å²) < 4.78 is 15.9. The molecule has 8 heteroatoms. The lowest BCUT2D eigenvalue weighted by atomic mass is 9.94. The molecule has 1 aliphatic heterocycles. The Hall–Kier alpha value is -4.59. The van der Waals surface area contributed by atoms with E-state index in [1.54, 1.807) is 73.8 Å². The van der Waals surface area contributed by atoms with E-state index in [4.69, 9.17) is 14.2 Å². The van der Waals surface area contributed by atoms with Crippen LogP contribution in [0.3, 0.4) is 0 Å². The Morgan fingerprint density at radius 2 is 1.60 bits per heavy atom. The molecule has 1 aliphatic rings. The molecule has 0 radical (unpaired) electrons. The van der Waals surface area contributed by atoms with Crippen molar-refractivity contribution in [3.05, 3.63) is 100 Å². The van der Waals surface area contributed by atoms with Gasteiger partial charge in [0.05, 0.1) is 38.0 Å². The molecule has 8 nitrogen and oxygen atoms in total. The van der Waals surface area contributed by atoms with Gasteiger partial charge >= 0.3 is 5.97 Å². The van der Waals surface area contributed by atoms with Gasteiger partial charge < -0.3 is 24.2 Å². The Kier molecular flexibility index (Phi) is 8.58. The fraction of sp³-hybridized carbons (Fsp3) is 0.281. The van der Waals surface area contributed by atoms with Gasteiger partial charge in [-0.1, -0.05) is 38.1 Å². The highest BCUT2D eigenvalue weighted by molar-refractivity contribution is 6.46. The molecular weight excluding hydrogens is 510 g/mol. The quantitative estimate of drug-likeness (QED) is 0.166. The Labute approximate surface area is 233 Å². The lowest BCUT2D eigenvalue weighted by Crippen LogP contribution is -2.29. The first-order valence-corrected chi connectivity index (χ1v) is 13.0. The van der Waals surface area contributed by atoms with E-state index in [1.807, 2.05) is 6.92 Å². The first-order chi connectivity index (χ1) is 19.1. The maximum absolute atomic E-state index is 13.4. The van der Waals surface area contributed by atoms with Crippen molar-refractivity contribution in [2.75, 3.05) is 20.8 Å². The van der Waals surface area contributed by atoms with Crippen LogP contribution < -0.4 is 9.47 Å². The lowest BCUT2D eigenvalue weighted by Gasteiger charge is -2.25. The average molecular weight is 544 g/mol. The third-order valence-electron chi connectivity index (χ3n) is 6.72. The van der Waals surface area contributed by atoms with Crippen molar-refractivity contribution < 1.29 is 33.7 Å². The second kappa shape index (κ2) is 12.1. The number of esters is 1. The van der Waals surface area contributed by atoms with Crippen LogP contribution >= 0.6 is 0 Å². The highest BCUT2D eigenvalue weighted by Crippen LogP contribution is 2.41. The third kappa shape index (κ3) is 5.86. The number of hydrogen-bond acceptors (Lipinski definition) is 7. The predicted octanol–water partition coefficient (Wildman–Crippen LogP) is 5.45. The maximum Gasteiger partial charge on any atom is 0.337 e. The van der Waals surface area contributed by atoms with Gasteiger partial charge in [0, 0.05) is 12.1 Å². The van der Waals surface area contributed by atoms with Crippen molar-refractivity contribution in [1.82, 2.24) is 4.90 Å². The first kappa shape index (κ1) is 28.4. The van der Waals surface area contributed by atoms with E-state index < -0.39 is 23.7 Å². The van der Waals surface area contributed by atoms with Gasteiger partial charge in [-0.3, -0.25) is 9.59 Å². The molecule has 1 fully saturated rings. The van der Waals surface area contributed by atoms with Crippen LogP contribution in [0.1, 0.15) is 52.5 Å². The van der Waals surface area contributed by atoms with E-state index in [2.05, 4.69) is 13.8 Å². The number of aliphatic hydroxyl groups excluding tert-OH is 1. The normalized spacial score (nSPS) is 16.4. The minimum absolute atomic E-state index is 0.00315. The number of amides is 1. The summed E-state index contributed by atoms with van der Waals surface area (Å²) in [6, 6.07) is 18.0. The van der Waals surface area contributed by atoms with E-state index >= 15 is 0 Å². The van der Waals surface area contributed by atoms with Gasteiger partial charge in [-0.2, -0.15) is 0 Å². The molecule has 40 heavy (non-hydrogen) atoms. The zero-order valence-corrected chi connectivity index (χ0v) is 23.3. The fourth-order valence-electron chi connectivity index (χ4n) is 4.61. The van der Waals surface area contributed by atoms with Crippen LogP contribution in [-0.4, -0.2) is 48.5 Å². The number of nitrogens with zero attached hydrogens (tertiary/aromatic N) is 1. The summed E-state index contributed by atoms with van der Waals surface area (Å²) in [7, 11) is 2.86. The van der Waals surface area contributed by atoms with Crippen molar-refractivity contribution >= 4 is 23.4 Å². The van der Waals surface area contributed by atoms with Crippen LogP contribution in [0.15, 0.2) is 72.3 Å². The van der Waals surface area contributed by atoms with Crippen molar-refractivity contribution in [2.24, 2.45) is 5.92 Å². The van der Waals surface area contributed by atoms with E-state index in [0.29, 0.717) is 46.3 Å². The van der Waals surface area contributed by atoms with E-state index in [0.717, 1.165) is 5.56 Å². The van der Waals surface area contributed by atoms with Gasteiger partial charge in [0.1, 0.15) is 17.3 Å². The van der Waals surface area contributed by atoms with Crippen LogP contribution in [-0.2, 0) is 20.9 Å². The molecule has 1 amide bonds. The molecular formula is C32H33NO7. The smallest absolute Gasteiger partial charge is 0.337 e. The highest BCUT2D eigenvalue weighted by Gasteiger charge is 2.46. The number of methoxy groups -OCH3 is 2. The number of rotatable bonds is 9. The minimum atomic E-state index is -0.844. The fourth-order valence-corrected chi connectivity index (χ4v) is 4.61. The molecule has 1 saturated heterocycles. The molecule has 1 heterocycles. The van der Waals surface area contributed by atoms with Gasteiger partial charge in [-0.15, -0.1) is 0 Å². The molecule has 0 aromatic heterocycles. The summed E-state index contributed by atoms with van der Waals surface area (Å²) in [5.41, 5.74) is 2.92. The van der Waals surface area contributed by atoms with Crippen molar-refractivity contribution in [2.45, 2.75) is 33.4 Å². The van der Waals surface area contributed by atoms with Crippen LogP contribution in [0.2, 0.25) is 0 Å². The van der Waals surface area contributed by atoms with Gasteiger partial charge in [0.25, 0.3) is 11.7 Å². The number of carbonyl (C=O) groups is 3. The average Bonchev–Trinajstić information content (AvgIpc) is 3.20. The van der Waals surface area contributed by atoms with Gasteiger partial charge in [-0.05, 0) is 72.0 Å². The van der Waals surface area contributed by atoms with Crippen molar-refractivity contribution in [3.63, 3.8) is 0 Å². The summed E-state index contributed by atoms with van der Waals surface area (Å²) in [6.07, 6.45) is 0. The van der Waals surface area contributed by atoms with E-state index in [9.17, 15) is 19.5 Å². The van der Waals surface area contributed by atoms with Crippen LogP contribution in [0.5, 0.6) is 11.5 Å². The van der Waals surface area contributed by atoms with Crippen molar-refractivity contribution in [1.29, 1.82) is 0 Å². The molecule has 4 rings (SSSR count). The summed E-state index contributed by atoms with van der Waals surface area (Å²) in [6.45, 7) is 6.61. The zero-order chi connectivity index (χ0) is 29.0. The number of benzene rings is 3. The Bertz CT molecular complexity index is 1440. The molecule has 1 atom stereocenters. The lowest BCUT2D eigenvalue weighted by molar-refractivity contribution is -0.140. The Morgan fingerprint density at radius 1 is 0.950 bits per heavy atom. The third-order valence-corrected chi connectivity index (χ3v) is 6.72. The highest BCUT2D eigenvalue weighted by atomic mass is 16.5. The Morgan fingerprint density at radius 3 is 2.17 bits per heavy atom. The van der Waals surface area contributed by atoms with Gasteiger partial charge in [-0.25, -0.2) is 4.79 Å². The SMILES string of the molecule is COC(=O)c1ccc(CN2C(=O)C(=O)/C(=C(\O)c3ccc(OCC(C)C)c(C)c3)C2c2ccc(OC)cc2)cc1. The number of likely N-dealkylation sites (tertiary alicyclic amines) is 1. The monoisotopic (exact) mass is 543 g/mol. The molecule has 3 aromatic carbocycles. The number of hydrogen-bond donors (Lipinski definition) is 1. The summed E-state index contributed by atoms with van der Waals surface area (Å²) in [5, 5.41) is 11.4. The molecule has 3 aromatic rings. The second-order valence-corrected chi connectivity index (χ2v) is 10.1. The largest absolute Gasteiger partial charge is 0.507 e. The number of aryl methyl sites for hydroxylation is 1. The standard InChI is InChI=1S/C32H33NO7/c1-19(2)18-40-26-15-12-24(16-20(26)3)29(34)27-28(22-10-13-25(38-4)14-11-22)33(31(36)30(27)35)17-21-6-8-23(9-7-21)32(37)39-5/h6-16,19,28,34H,17-18H2,1-5H3/b29-27-. The predicted molar refractivity (Wildman–Crippen MR) is 150 cm³/mol. The number of aliphatic hydroxyl groups is 1. The minimum Gasteiger partial charge on any atom is -0.507 e. The topological polar surface area (TPSA) is 102 Å². The number of ketones is 1.